The molecule has 1 N–H and O–H groups in total. The van der Waals surface area contributed by atoms with E-state index in [1.165, 1.54) is 0 Å². The molecule has 0 aromatic rings. The second kappa shape index (κ2) is 4.63. The summed E-state index contributed by atoms with van der Waals surface area (Å²) in [5.74, 6) is 0.469. The molecule has 84 valence electrons. The predicted octanol–water partition coefficient (Wildman–Crippen LogP) is 2.27. The molecular formula is C12H25NO. The summed E-state index contributed by atoms with van der Waals surface area (Å²) in [6, 6.07) is 0. The summed E-state index contributed by atoms with van der Waals surface area (Å²) in [7, 11) is 0. The highest BCUT2D eigenvalue weighted by Gasteiger charge is 2.29. The number of aliphatic hydroxyl groups is 1. The van der Waals surface area contributed by atoms with Crippen molar-refractivity contribution in [2.24, 2.45) is 5.92 Å². The monoisotopic (exact) mass is 199 g/mol. The molecule has 1 fully saturated rings. The van der Waals surface area contributed by atoms with E-state index in [4.69, 9.17) is 0 Å². The van der Waals surface area contributed by atoms with Gasteiger partial charge in [-0.05, 0) is 52.5 Å². The van der Waals surface area contributed by atoms with Gasteiger partial charge in [-0.3, -0.25) is 4.90 Å². The topological polar surface area (TPSA) is 23.5 Å². The van der Waals surface area contributed by atoms with Gasteiger partial charge >= 0.3 is 0 Å². The lowest BCUT2D eigenvalue weighted by Crippen LogP contribution is -2.44. The Hall–Kier alpha value is -0.0800. The van der Waals surface area contributed by atoms with E-state index in [1.807, 2.05) is 0 Å². The minimum Gasteiger partial charge on any atom is -0.393 e. The molecule has 2 nitrogen and oxygen atoms in total. The van der Waals surface area contributed by atoms with E-state index in [-0.39, 0.29) is 11.6 Å². The molecule has 1 aliphatic heterocycles. The molecule has 1 rings (SSSR count). The molecule has 1 saturated heterocycles. The lowest BCUT2D eigenvalue weighted by molar-refractivity contribution is 0.0691. The number of aliphatic hydroxyl groups excluding tert-OH is 1. The molecule has 0 aromatic carbocycles. The van der Waals surface area contributed by atoms with E-state index in [0.29, 0.717) is 5.92 Å². The highest BCUT2D eigenvalue weighted by molar-refractivity contribution is 4.83. The minimum atomic E-state index is -0.0765. The highest BCUT2D eigenvalue weighted by atomic mass is 16.3. The number of rotatable bonds is 1. The quantitative estimate of drug-likeness (QED) is 0.700. The number of hydrogen-bond donors (Lipinski definition) is 1. The van der Waals surface area contributed by atoms with Crippen LogP contribution in [0.3, 0.4) is 0 Å². The lowest BCUT2D eigenvalue weighted by Gasteiger charge is -2.36. The fourth-order valence-electron chi connectivity index (χ4n) is 2.23. The lowest BCUT2D eigenvalue weighted by atomic mass is 9.96. The maximum absolute atomic E-state index is 9.91. The van der Waals surface area contributed by atoms with Crippen molar-refractivity contribution in [3.8, 4) is 0 Å². The largest absolute Gasteiger partial charge is 0.393 e. The Balaban J connectivity index is 2.63. The average molecular weight is 199 g/mol. The first-order chi connectivity index (χ1) is 6.45. The van der Waals surface area contributed by atoms with Crippen LogP contribution in [-0.4, -0.2) is 34.7 Å². The zero-order chi connectivity index (χ0) is 10.8. The molecule has 1 heterocycles. The second-order valence-corrected chi connectivity index (χ2v) is 5.49. The molecule has 0 unspecified atom stereocenters. The van der Waals surface area contributed by atoms with E-state index >= 15 is 0 Å². The molecule has 0 amide bonds. The van der Waals surface area contributed by atoms with Crippen LogP contribution in [0.15, 0.2) is 0 Å². The molecule has 0 aliphatic carbocycles. The molecular weight excluding hydrogens is 174 g/mol. The predicted molar refractivity (Wildman–Crippen MR) is 60.3 cm³/mol. The molecule has 2 heteroatoms. The number of likely N-dealkylation sites (tertiary alicyclic amines) is 1. The van der Waals surface area contributed by atoms with Gasteiger partial charge in [0.15, 0.2) is 0 Å². The summed E-state index contributed by atoms with van der Waals surface area (Å²) >= 11 is 0. The summed E-state index contributed by atoms with van der Waals surface area (Å²) < 4.78 is 0. The smallest absolute Gasteiger partial charge is 0.0581 e. The van der Waals surface area contributed by atoms with Crippen LogP contribution in [0.1, 0.15) is 47.0 Å². The Kier molecular flexibility index (Phi) is 3.96. The third-order valence-electron chi connectivity index (χ3n) is 3.40. The fraction of sp³-hybridized carbons (Fsp3) is 1.00. The van der Waals surface area contributed by atoms with E-state index in [1.54, 1.807) is 0 Å². The summed E-state index contributed by atoms with van der Waals surface area (Å²) in [6.45, 7) is 11.2. The maximum Gasteiger partial charge on any atom is 0.0581 e. The van der Waals surface area contributed by atoms with Crippen LogP contribution < -0.4 is 0 Å². The van der Waals surface area contributed by atoms with Gasteiger partial charge in [0, 0.05) is 12.1 Å². The van der Waals surface area contributed by atoms with Crippen LogP contribution >= 0.6 is 0 Å². The molecule has 14 heavy (non-hydrogen) atoms. The summed E-state index contributed by atoms with van der Waals surface area (Å²) in [4.78, 5) is 2.51. The Labute approximate surface area is 88.3 Å². The van der Waals surface area contributed by atoms with Gasteiger partial charge < -0.3 is 5.11 Å². The van der Waals surface area contributed by atoms with Crippen LogP contribution in [0.25, 0.3) is 0 Å². The Morgan fingerprint density at radius 1 is 1.36 bits per heavy atom. The standard InChI is InChI=1S/C12H25NO/c1-5-10-9-13(12(2,3)4)8-6-7-11(10)14/h10-11,14H,5-9H2,1-4H3/t10-,11+/m0/s1. The van der Waals surface area contributed by atoms with Gasteiger partial charge in [0.2, 0.25) is 0 Å². The number of hydrogen-bond acceptors (Lipinski definition) is 2. The average Bonchev–Trinajstić information content (AvgIpc) is 2.25. The minimum absolute atomic E-state index is 0.0765. The van der Waals surface area contributed by atoms with Crippen molar-refractivity contribution >= 4 is 0 Å². The van der Waals surface area contributed by atoms with Crippen LogP contribution in [-0.2, 0) is 0 Å². The van der Waals surface area contributed by atoms with E-state index in [2.05, 4.69) is 32.6 Å². The molecule has 1 aliphatic rings. The molecule has 2 atom stereocenters. The van der Waals surface area contributed by atoms with Crippen LogP contribution in [0.5, 0.6) is 0 Å². The SMILES string of the molecule is CC[C@H]1CN(C(C)(C)C)CCC[C@H]1O. The molecule has 0 spiro atoms. The Morgan fingerprint density at radius 3 is 2.50 bits per heavy atom. The van der Waals surface area contributed by atoms with Gasteiger partial charge in [-0.15, -0.1) is 0 Å². The van der Waals surface area contributed by atoms with Crippen molar-refractivity contribution in [3.63, 3.8) is 0 Å². The van der Waals surface area contributed by atoms with E-state index < -0.39 is 0 Å². The van der Waals surface area contributed by atoms with Gasteiger partial charge in [-0.2, -0.15) is 0 Å². The molecule has 0 radical (unpaired) electrons. The van der Waals surface area contributed by atoms with Crippen molar-refractivity contribution < 1.29 is 5.11 Å². The van der Waals surface area contributed by atoms with Gasteiger partial charge in [0.05, 0.1) is 6.10 Å². The van der Waals surface area contributed by atoms with Crippen molar-refractivity contribution in [1.29, 1.82) is 0 Å². The molecule has 0 aromatic heterocycles. The third kappa shape index (κ3) is 2.96. The summed E-state index contributed by atoms with van der Waals surface area (Å²) in [5.41, 5.74) is 0.248. The van der Waals surface area contributed by atoms with Crippen molar-refractivity contribution in [2.75, 3.05) is 13.1 Å². The molecule has 0 bridgehead atoms. The first-order valence-corrected chi connectivity index (χ1v) is 5.88. The number of nitrogens with zero attached hydrogens (tertiary/aromatic N) is 1. The van der Waals surface area contributed by atoms with Crippen LogP contribution in [0.2, 0.25) is 0 Å². The Morgan fingerprint density at radius 2 is 2.00 bits per heavy atom. The summed E-state index contributed by atoms with van der Waals surface area (Å²) in [6.07, 6.45) is 3.13. The van der Waals surface area contributed by atoms with Gasteiger partial charge in [0.1, 0.15) is 0 Å². The van der Waals surface area contributed by atoms with Crippen molar-refractivity contribution in [2.45, 2.75) is 58.6 Å². The second-order valence-electron chi connectivity index (χ2n) is 5.49. The fourth-order valence-corrected chi connectivity index (χ4v) is 2.23. The zero-order valence-electron chi connectivity index (χ0n) is 10.1. The van der Waals surface area contributed by atoms with E-state index in [0.717, 1.165) is 32.4 Å². The van der Waals surface area contributed by atoms with Gasteiger partial charge in [-0.1, -0.05) is 6.92 Å². The third-order valence-corrected chi connectivity index (χ3v) is 3.40. The summed E-state index contributed by atoms with van der Waals surface area (Å²) in [5, 5.41) is 9.91. The first-order valence-electron chi connectivity index (χ1n) is 5.88. The van der Waals surface area contributed by atoms with Gasteiger partial charge in [-0.25, -0.2) is 0 Å². The van der Waals surface area contributed by atoms with Gasteiger partial charge in [0.25, 0.3) is 0 Å². The first kappa shape index (κ1) is 12.0. The van der Waals surface area contributed by atoms with Crippen molar-refractivity contribution in [3.05, 3.63) is 0 Å². The van der Waals surface area contributed by atoms with E-state index in [9.17, 15) is 5.11 Å². The maximum atomic E-state index is 9.91. The molecule has 0 saturated carbocycles. The van der Waals surface area contributed by atoms with Crippen LogP contribution in [0, 0.1) is 5.92 Å². The van der Waals surface area contributed by atoms with Crippen molar-refractivity contribution in [1.82, 2.24) is 4.90 Å². The normalized spacial score (nSPS) is 31.5. The highest BCUT2D eigenvalue weighted by Crippen LogP contribution is 2.24. The van der Waals surface area contributed by atoms with Crippen LogP contribution in [0.4, 0.5) is 0 Å². The zero-order valence-corrected chi connectivity index (χ0v) is 10.1. The Bertz CT molecular complexity index is 174.